The maximum atomic E-state index is 5.81. The molecule has 1 aromatic rings. The lowest BCUT2D eigenvalue weighted by atomic mass is 10.1. The first-order chi connectivity index (χ1) is 7.79. The van der Waals surface area contributed by atoms with Crippen LogP contribution in [0.3, 0.4) is 0 Å². The number of halogens is 1. The van der Waals surface area contributed by atoms with Crippen molar-refractivity contribution >= 4 is 11.8 Å². The Labute approximate surface area is 101 Å². The van der Waals surface area contributed by atoms with Gasteiger partial charge in [-0.3, -0.25) is 0 Å². The zero-order valence-corrected chi connectivity index (χ0v) is 10.0. The fourth-order valence-electron chi connectivity index (χ4n) is 1.72. The maximum absolute atomic E-state index is 5.81. The average Bonchev–Trinajstić information content (AvgIpc) is 2.81. The highest BCUT2D eigenvalue weighted by Gasteiger charge is 2.17. The first-order valence-electron chi connectivity index (χ1n) is 5.50. The summed E-state index contributed by atoms with van der Waals surface area (Å²) in [5.74, 6) is 0.881. The van der Waals surface area contributed by atoms with Crippen LogP contribution in [-0.4, -0.2) is 19.3 Å². The molecule has 2 atom stereocenters. The maximum Gasteiger partial charge on any atom is 0.124 e. The van der Waals surface area contributed by atoms with Gasteiger partial charge in [-0.05, 0) is 36.4 Å². The van der Waals surface area contributed by atoms with E-state index in [1.54, 1.807) is 0 Å². The summed E-state index contributed by atoms with van der Waals surface area (Å²) in [5, 5.41) is 0. The van der Waals surface area contributed by atoms with Crippen molar-refractivity contribution in [2.24, 2.45) is 0 Å². The van der Waals surface area contributed by atoms with Gasteiger partial charge in [0.1, 0.15) is 11.9 Å². The highest BCUT2D eigenvalue weighted by molar-refractivity contribution is 6.13. The average molecular weight is 242 g/mol. The molecule has 4 heteroatoms. The molecule has 0 aromatic heterocycles. The number of nitrogens with one attached hydrogen (secondary N) is 1. The molecule has 3 nitrogen and oxygen atoms in total. The minimum atomic E-state index is 0.116. The van der Waals surface area contributed by atoms with Crippen LogP contribution in [0.2, 0.25) is 0 Å². The van der Waals surface area contributed by atoms with Crippen molar-refractivity contribution in [3.63, 3.8) is 0 Å². The lowest BCUT2D eigenvalue weighted by molar-refractivity contribution is 0.141. The molecular formula is C12H16ClNO2. The lowest BCUT2D eigenvalue weighted by Crippen LogP contribution is -2.16. The van der Waals surface area contributed by atoms with E-state index >= 15 is 0 Å². The number of rotatable bonds is 4. The van der Waals surface area contributed by atoms with Crippen LogP contribution in [0.1, 0.15) is 24.9 Å². The van der Waals surface area contributed by atoms with E-state index in [0.29, 0.717) is 6.61 Å². The molecule has 0 amide bonds. The van der Waals surface area contributed by atoms with E-state index in [1.807, 2.05) is 31.2 Å². The summed E-state index contributed by atoms with van der Waals surface area (Å²) in [7, 11) is 0. The van der Waals surface area contributed by atoms with E-state index < -0.39 is 0 Å². The Balaban J connectivity index is 2.03. The molecule has 1 aliphatic heterocycles. The van der Waals surface area contributed by atoms with Gasteiger partial charge in [0.15, 0.2) is 0 Å². The van der Waals surface area contributed by atoms with Gasteiger partial charge < -0.3 is 9.47 Å². The van der Waals surface area contributed by atoms with E-state index in [9.17, 15) is 0 Å². The van der Waals surface area contributed by atoms with Crippen molar-refractivity contribution < 1.29 is 9.47 Å². The smallest absolute Gasteiger partial charge is 0.124 e. The van der Waals surface area contributed by atoms with Crippen LogP contribution >= 0.6 is 11.8 Å². The molecule has 1 N–H and O–H groups in total. The Hall–Kier alpha value is -0.770. The molecule has 0 aliphatic carbocycles. The van der Waals surface area contributed by atoms with Crippen LogP contribution in [0.5, 0.6) is 5.75 Å². The topological polar surface area (TPSA) is 30.5 Å². The van der Waals surface area contributed by atoms with Gasteiger partial charge in [-0.25, -0.2) is 4.84 Å². The Morgan fingerprint density at radius 2 is 2.44 bits per heavy atom. The van der Waals surface area contributed by atoms with Crippen molar-refractivity contribution in [1.82, 2.24) is 4.84 Å². The minimum absolute atomic E-state index is 0.116. The number of benzene rings is 1. The third kappa shape index (κ3) is 2.88. The Morgan fingerprint density at radius 3 is 3.12 bits per heavy atom. The summed E-state index contributed by atoms with van der Waals surface area (Å²) < 4.78 is 11.1. The van der Waals surface area contributed by atoms with E-state index in [0.717, 1.165) is 24.3 Å². The summed E-state index contributed by atoms with van der Waals surface area (Å²) in [6, 6.07) is 8.09. The molecule has 1 aliphatic rings. The molecule has 0 spiro atoms. The van der Waals surface area contributed by atoms with Gasteiger partial charge in [-0.1, -0.05) is 12.1 Å². The summed E-state index contributed by atoms with van der Waals surface area (Å²) in [4.78, 5) is 2.69. The Kier molecular flexibility index (Phi) is 4.04. The normalized spacial score (nSPS) is 22.0. The van der Waals surface area contributed by atoms with Gasteiger partial charge in [0.25, 0.3) is 0 Å². The Morgan fingerprint density at radius 1 is 1.56 bits per heavy atom. The molecule has 1 fully saturated rings. The molecule has 1 saturated heterocycles. The van der Waals surface area contributed by atoms with Crippen molar-refractivity contribution in [1.29, 1.82) is 0 Å². The SMILES string of the molecule is C[C@@H](NCl)c1cccc(OC2CCOC2)c1. The monoisotopic (exact) mass is 241 g/mol. The fourth-order valence-corrected chi connectivity index (χ4v) is 1.84. The van der Waals surface area contributed by atoms with Crippen molar-refractivity contribution in [3.05, 3.63) is 29.8 Å². The number of hydrogen-bond acceptors (Lipinski definition) is 3. The quantitative estimate of drug-likeness (QED) is 0.823. The van der Waals surface area contributed by atoms with Crippen LogP contribution in [0, 0.1) is 0 Å². The molecule has 1 aromatic carbocycles. The largest absolute Gasteiger partial charge is 0.488 e. The highest BCUT2D eigenvalue weighted by atomic mass is 35.5. The second kappa shape index (κ2) is 5.53. The van der Waals surface area contributed by atoms with E-state index in [4.69, 9.17) is 21.3 Å². The summed E-state index contributed by atoms with van der Waals surface area (Å²) in [6.45, 7) is 3.49. The van der Waals surface area contributed by atoms with E-state index in [1.165, 1.54) is 0 Å². The first-order valence-corrected chi connectivity index (χ1v) is 5.88. The van der Waals surface area contributed by atoms with Gasteiger partial charge in [0.2, 0.25) is 0 Å². The lowest BCUT2D eigenvalue weighted by Gasteiger charge is -2.14. The van der Waals surface area contributed by atoms with E-state index in [2.05, 4.69) is 4.84 Å². The molecule has 1 unspecified atom stereocenters. The summed E-state index contributed by atoms with van der Waals surface area (Å²) in [5.41, 5.74) is 1.12. The molecule has 1 heterocycles. The third-order valence-electron chi connectivity index (χ3n) is 2.71. The van der Waals surface area contributed by atoms with Gasteiger partial charge in [0.05, 0.1) is 13.2 Å². The van der Waals surface area contributed by atoms with Crippen LogP contribution in [0.25, 0.3) is 0 Å². The van der Waals surface area contributed by atoms with E-state index in [-0.39, 0.29) is 12.1 Å². The van der Waals surface area contributed by atoms with Gasteiger partial charge in [-0.15, -0.1) is 0 Å². The van der Waals surface area contributed by atoms with Crippen LogP contribution in [0.4, 0.5) is 0 Å². The minimum Gasteiger partial charge on any atom is -0.488 e. The molecule has 88 valence electrons. The summed E-state index contributed by atoms with van der Waals surface area (Å²) in [6.07, 6.45) is 1.16. The molecule has 0 bridgehead atoms. The Bertz CT molecular complexity index is 340. The van der Waals surface area contributed by atoms with Gasteiger partial charge in [0, 0.05) is 12.5 Å². The first kappa shape index (κ1) is 11.7. The molecule has 2 rings (SSSR count). The third-order valence-corrected chi connectivity index (χ3v) is 3.04. The fraction of sp³-hybridized carbons (Fsp3) is 0.500. The zero-order valence-electron chi connectivity index (χ0n) is 9.28. The molecule has 0 radical (unpaired) electrons. The van der Waals surface area contributed by atoms with Gasteiger partial charge >= 0.3 is 0 Å². The van der Waals surface area contributed by atoms with Crippen molar-refractivity contribution in [3.8, 4) is 5.75 Å². The zero-order chi connectivity index (χ0) is 11.4. The predicted molar refractivity (Wildman–Crippen MR) is 63.7 cm³/mol. The molecule has 16 heavy (non-hydrogen) atoms. The van der Waals surface area contributed by atoms with Gasteiger partial charge in [-0.2, -0.15) is 0 Å². The van der Waals surface area contributed by atoms with Crippen LogP contribution < -0.4 is 9.57 Å². The van der Waals surface area contributed by atoms with Crippen LogP contribution in [0.15, 0.2) is 24.3 Å². The predicted octanol–water partition coefficient (Wildman–Crippen LogP) is 2.66. The molecular weight excluding hydrogens is 226 g/mol. The standard InChI is InChI=1S/C12H16ClNO2/c1-9(14-13)10-3-2-4-11(7-10)16-12-5-6-15-8-12/h2-4,7,9,12,14H,5-6,8H2,1H3/t9-,12?/m1/s1. The second-order valence-corrected chi connectivity index (χ2v) is 4.22. The second-order valence-electron chi connectivity index (χ2n) is 4.01. The number of ether oxygens (including phenoxy) is 2. The van der Waals surface area contributed by atoms with Crippen LogP contribution in [-0.2, 0) is 4.74 Å². The van der Waals surface area contributed by atoms with Crippen molar-refractivity contribution in [2.45, 2.75) is 25.5 Å². The number of hydrogen-bond donors (Lipinski definition) is 1. The molecule has 0 saturated carbocycles. The highest BCUT2D eigenvalue weighted by Crippen LogP contribution is 2.22. The summed E-state index contributed by atoms with van der Waals surface area (Å²) >= 11 is 5.60. The van der Waals surface area contributed by atoms with Crippen molar-refractivity contribution in [2.75, 3.05) is 13.2 Å².